The summed E-state index contributed by atoms with van der Waals surface area (Å²) >= 11 is 6.13. The molecule has 0 radical (unpaired) electrons. The molecule has 9 heteroatoms. The molecule has 1 aliphatic rings. The highest BCUT2D eigenvalue weighted by molar-refractivity contribution is 6.33. The average Bonchev–Trinajstić information content (AvgIpc) is 3.45. The van der Waals surface area contributed by atoms with Crippen molar-refractivity contribution in [2.45, 2.75) is 58.7 Å². The summed E-state index contributed by atoms with van der Waals surface area (Å²) in [6, 6.07) is 11.8. The summed E-state index contributed by atoms with van der Waals surface area (Å²) in [7, 11) is 0. The normalized spacial score (nSPS) is 17.6. The molecule has 0 unspecified atom stereocenters. The molecule has 2 N–H and O–H groups in total. The van der Waals surface area contributed by atoms with E-state index >= 15 is 0 Å². The van der Waals surface area contributed by atoms with Gasteiger partial charge in [0.15, 0.2) is 5.79 Å². The van der Waals surface area contributed by atoms with Gasteiger partial charge in [0.1, 0.15) is 35.7 Å². The van der Waals surface area contributed by atoms with Crippen molar-refractivity contribution in [1.82, 2.24) is 19.5 Å². The van der Waals surface area contributed by atoms with Crippen LogP contribution in [0.15, 0.2) is 55.1 Å². The Morgan fingerprint density at radius 1 is 1.12 bits per heavy atom. The Balaban J connectivity index is 0.000000414. The van der Waals surface area contributed by atoms with E-state index in [0.29, 0.717) is 11.8 Å². The van der Waals surface area contributed by atoms with Crippen molar-refractivity contribution in [1.29, 1.82) is 0 Å². The zero-order chi connectivity index (χ0) is 24.7. The van der Waals surface area contributed by atoms with Crippen LogP contribution in [0.3, 0.4) is 0 Å². The second-order valence-electron chi connectivity index (χ2n) is 8.08. The number of aromatic nitrogens is 4. The third-order valence-corrected chi connectivity index (χ3v) is 5.17. The summed E-state index contributed by atoms with van der Waals surface area (Å²) in [5.74, 6) is -0.695. The molecule has 182 valence electrons. The number of nitrogens with zero attached hydrogens (tertiary/aromatic N) is 4. The zero-order valence-corrected chi connectivity index (χ0v) is 20.6. The van der Waals surface area contributed by atoms with Gasteiger partial charge in [-0.15, -0.1) is 0 Å². The summed E-state index contributed by atoms with van der Waals surface area (Å²) in [5.41, 5.74) is 1.72. The Hall–Kier alpha value is -2.78. The van der Waals surface area contributed by atoms with Crippen molar-refractivity contribution in [2.24, 2.45) is 0 Å². The van der Waals surface area contributed by atoms with Crippen LogP contribution in [0, 0.1) is 0 Å². The SMILES string of the molecule is CC.CC(C)(O)O.Clc1ncnc2c1ccn2[C@H]1CC[C@@H](COc2ccc3cccnc3c2)O1. The fraction of sp³-hybridized carbons (Fsp3) is 0.400. The van der Waals surface area contributed by atoms with Gasteiger partial charge in [-0.25, -0.2) is 9.97 Å². The van der Waals surface area contributed by atoms with Crippen molar-refractivity contribution in [3.8, 4) is 5.75 Å². The van der Waals surface area contributed by atoms with Crippen molar-refractivity contribution >= 4 is 33.5 Å². The molecule has 2 atom stereocenters. The summed E-state index contributed by atoms with van der Waals surface area (Å²) in [4.78, 5) is 12.7. The lowest BCUT2D eigenvalue weighted by Gasteiger charge is -2.16. The van der Waals surface area contributed by atoms with Gasteiger partial charge in [0, 0.05) is 23.8 Å². The molecular weight excluding hydrogens is 456 g/mol. The Morgan fingerprint density at radius 3 is 2.65 bits per heavy atom. The Bertz CT molecular complexity index is 1200. The predicted molar refractivity (Wildman–Crippen MR) is 133 cm³/mol. The molecular formula is C25H31ClN4O4. The lowest BCUT2D eigenvalue weighted by Crippen LogP contribution is -2.18. The standard InChI is InChI=1S/C20H17ClN4O2.C3H8O2.C2H6/c21-19-16-7-9-25(20(16)24-12-23-19)18-6-5-15(27-18)11-26-14-4-3-13-2-1-8-22-17(13)10-14;1-3(2,4)5;1-2/h1-4,7-10,12,15,18H,5-6,11H2;4-5H,1-2H3;1-2H3/t15-,18+;;/m0../s1. The molecule has 0 saturated carbocycles. The van der Waals surface area contributed by atoms with E-state index < -0.39 is 5.79 Å². The number of rotatable bonds is 4. The predicted octanol–water partition coefficient (Wildman–Crippen LogP) is 5.12. The van der Waals surface area contributed by atoms with E-state index in [1.807, 2.05) is 61.0 Å². The van der Waals surface area contributed by atoms with Gasteiger partial charge in [-0.1, -0.05) is 31.5 Å². The number of hydrogen-bond acceptors (Lipinski definition) is 7. The molecule has 0 bridgehead atoms. The molecule has 1 fully saturated rings. The summed E-state index contributed by atoms with van der Waals surface area (Å²) < 4.78 is 14.1. The fourth-order valence-corrected chi connectivity index (χ4v) is 3.70. The molecule has 4 aromatic rings. The highest BCUT2D eigenvalue weighted by Gasteiger charge is 2.28. The molecule has 1 aliphatic heterocycles. The Morgan fingerprint density at radius 2 is 1.88 bits per heavy atom. The van der Waals surface area contributed by atoms with Gasteiger partial charge in [0.25, 0.3) is 0 Å². The van der Waals surface area contributed by atoms with Gasteiger partial charge in [-0.3, -0.25) is 4.98 Å². The van der Waals surface area contributed by atoms with E-state index in [0.717, 1.165) is 40.5 Å². The van der Waals surface area contributed by atoms with Crippen molar-refractivity contribution in [3.05, 3.63) is 60.3 Å². The first-order chi connectivity index (χ1) is 16.3. The van der Waals surface area contributed by atoms with E-state index in [-0.39, 0.29) is 12.3 Å². The largest absolute Gasteiger partial charge is 0.491 e. The maximum atomic E-state index is 8.08. The summed E-state index contributed by atoms with van der Waals surface area (Å²) in [6.07, 6.45) is 7.00. The number of benzene rings is 1. The van der Waals surface area contributed by atoms with Crippen LogP contribution in [-0.2, 0) is 4.74 Å². The van der Waals surface area contributed by atoms with Crippen LogP contribution in [-0.4, -0.2) is 48.2 Å². The molecule has 0 spiro atoms. The van der Waals surface area contributed by atoms with E-state index in [1.165, 1.54) is 20.2 Å². The minimum atomic E-state index is -1.50. The molecule has 0 aliphatic carbocycles. The number of ether oxygens (including phenoxy) is 2. The third kappa shape index (κ3) is 6.87. The smallest absolute Gasteiger partial charge is 0.156 e. The molecule has 4 heterocycles. The van der Waals surface area contributed by atoms with Crippen LogP contribution in [0.4, 0.5) is 0 Å². The molecule has 1 saturated heterocycles. The second kappa shape index (κ2) is 11.6. The van der Waals surface area contributed by atoms with Crippen LogP contribution in [0.2, 0.25) is 5.15 Å². The van der Waals surface area contributed by atoms with Crippen LogP contribution in [0.5, 0.6) is 5.75 Å². The Labute approximate surface area is 204 Å². The second-order valence-corrected chi connectivity index (χ2v) is 8.44. The first-order valence-corrected chi connectivity index (χ1v) is 11.7. The monoisotopic (exact) mass is 486 g/mol. The number of halogens is 1. The van der Waals surface area contributed by atoms with Crippen molar-refractivity contribution in [3.63, 3.8) is 0 Å². The van der Waals surface area contributed by atoms with E-state index in [2.05, 4.69) is 15.0 Å². The minimum absolute atomic E-state index is 0.0317. The lowest BCUT2D eigenvalue weighted by atomic mass is 10.2. The fourth-order valence-electron chi connectivity index (χ4n) is 3.51. The average molecular weight is 487 g/mol. The van der Waals surface area contributed by atoms with Gasteiger partial charge in [-0.05, 0) is 51.0 Å². The Kier molecular flexibility index (Phi) is 8.79. The molecule has 34 heavy (non-hydrogen) atoms. The number of aliphatic hydroxyl groups is 2. The molecule has 5 rings (SSSR count). The summed E-state index contributed by atoms with van der Waals surface area (Å²) in [5, 5.41) is 18.6. The van der Waals surface area contributed by atoms with Crippen LogP contribution >= 0.6 is 11.6 Å². The number of hydrogen-bond donors (Lipinski definition) is 2. The maximum Gasteiger partial charge on any atom is 0.156 e. The van der Waals surface area contributed by atoms with Gasteiger partial charge < -0.3 is 24.3 Å². The van der Waals surface area contributed by atoms with Crippen molar-refractivity contribution in [2.75, 3.05) is 6.61 Å². The van der Waals surface area contributed by atoms with Crippen LogP contribution in [0.1, 0.15) is 46.8 Å². The van der Waals surface area contributed by atoms with Gasteiger partial charge in [0.2, 0.25) is 0 Å². The van der Waals surface area contributed by atoms with Crippen molar-refractivity contribution < 1.29 is 19.7 Å². The molecule has 1 aromatic carbocycles. The molecule has 8 nitrogen and oxygen atoms in total. The van der Waals surface area contributed by atoms with Crippen LogP contribution in [0.25, 0.3) is 21.9 Å². The quantitative estimate of drug-likeness (QED) is 0.304. The third-order valence-electron chi connectivity index (χ3n) is 4.87. The molecule has 0 amide bonds. The first kappa shape index (κ1) is 25.8. The lowest BCUT2D eigenvalue weighted by molar-refractivity contribution is -0.127. The zero-order valence-electron chi connectivity index (χ0n) is 19.8. The number of pyridine rings is 1. The van der Waals surface area contributed by atoms with Crippen LogP contribution < -0.4 is 4.74 Å². The molecule has 3 aromatic heterocycles. The number of fused-ring (bicyclic) bond motifs is 2. The van der Waals surface area contributed by atoms with Gasteiger partial charge >= 0.3 is 0 Å². The van der Waals surface area contributed by atoms with Gasteiger partial charge in [0.05, 0.1) is 17.0 Å². The van der Waals surface area contributed by atoms with E-state index in [1.54, 1.807) is 6.20 Å². The summed E-state index contributed by atoms with van der Waals surface area (Å²) in [6.45, 7) is 7.10. The highest BCUT2D eigenvalue weighted by Crippen LogP contribution is 2.32. The topological polar surface area (TPSA) is 103 Å². The first-order valence-electron chi connectivity index (χ1n) is 11.3. The minimum Gasteiger partial charge on any atom is -0.491 e. The highest BCUT2D eigenvalue weighted by atomic mass is 35.5. The van der Waals surface area contributed by atoms with E-state index in [9.17, 15) is 0 Å². The maximum absolute atomic E-state index is 8.08. The van der Waals surface area contributed by atoms with Gasteiger partial charge in [-0.2, -0.15) is 0 Å². The van der Waals surface area contributed by atoms with E-state index in [4.69, 9.17) is 31.3 Å².